The Morgan fingerprint density at radius 3 is 2.52 bits per heavy atom. The highest BCUT2D eigenvalue weighted by molar-refractivity contribution is 6.19. The van der Waals surface area contributed by atoms with Gasteiger partial charge in [-0.05, 0) is 40.3 Å². The fourth-order valence-corrected chi connectivity index (χ4v) is 3.70. The third kappa shape index (κ3) is 1.78. The fraction of sp³-hybridized carbons (Fsp3) is 0.190. The molecule has 2 N–H and O–H groups in total. The van der Waals surface area contributed by atoms with Crippen LogP contribution in [0.5, 0.6) is 0 Å². The van der Waals surface area contributed by atoms with Crippen LogP contribution in [0.4, 0.5) is 0 Å². The molecule has 3 aromatic rings. The average Bonchev–Trinajstić information content (AvgIpc) is 2.76. The van der Waals surface area contributed by atoms with Crippen molar-refractivity contribution in [3.63, 3.8) is 0 Å². The number of hydrogen-bond acceptors (Lipinski definition) is 1. The van der Waals surface area contributed by atoms with Crippen molar-refractivity contribution in [2.24, 2.45) is 5.73 Å². The maximum absolute atomic E-state index is 12.2. The largest absolute Gasteiger partial charge is 0.366 e. The van der Waals surface area contributed by atoms with Gasteiger partial charge < -0.3 is 5.73 Å². The number of nitrogens with two attached hydrogens (primary N) is 1. The average molecular weight is 301 g/mol. The maximum Gasteiger partial charge on any atom is 0.249 e. The van der Waals surface area contributed by atoms with Crippen molar-refractivity contribution in [3.05, 3.63) is 64.7 Å². The van der Waals surface area contributed by atoms with Gasteiger partial charge in [0.05, 0.1) is 0 Å². The fourth-order valence-electron chi connectivity index (χ4n) is 3.70. The van der Waals surface area contributed by atoms with Gasteiger partial charge in [0, 0.05) is 16.4 Å². The molecule has 2 nitrogen and oxygen atoms in total. The normalized spacial score (nSPS) is 15.7. The number of benzene rings is 3. The summed E-state index contributed by atoms with van der Waals surface area (Å²) in [5, 5.41) is 4.29. The zero-order valence-electron chi connectivity index (χ0n) is 13.6. The van der Waals surface area contributed by atoms with Gasteiger partial charge in [-0.2, -0.15) is 0 Å². The van der Waals surface area contributed by atoms with Crippen LogP contribution in [0.2, 0.25) is 0 Å². The minimum absolute atomic E-state index is 0.0701. The number of rotatable bonds is 1. The van der Waals surface area contributed by atoms with Gasteiger partial charge in [-0.3, -0.25) is 4.79 Å². The van der Waals surface area contributed by atoms with Gasteiger partial charge in [-0.25, -0.2) is 0 Å². The molecule has 0 aromatic heterocycles. The Hall–Kier alpha value is -2.61. The number of amides is 1. The minimum Gasteiger partial charge on any atom is -0.366 e. The van der Waals surface area contributed by atoms with Crippen molar-refractivity contribution < 1.29 is 4.79 Å². The number of primary amides is 1. The Kier molecular flexibility index (Phi) is 2.71. The van der Waals surface area contributed by atoms with E-state index in [1.807, 2.05) is 18.2 Å². The van der Waals surface area contributed by atoms with E-state index in [2.05, 4.69) is 51.1 Å². The summed E-state index contributed by atoms with van der Waals surface area (Å²) < 4.78 is 0. The summed E-state index contributed by atoms with van der Waals surface area (Å²) in [6, 6.07) is 14.4. The molecule has 1 amide bonds. The topological polar surface area (TPSA) is 43.1 Å². The van der Waals surface area contributed by atoms with Crippen LogP contribution in [-0.2, 0) is 5.41 Å². The molecule has 0 unspecified atom stereocenters. The first-order valence-corrected chi connectivity index (χ1v) is 7.89. The molecular formula is C21H19NO. The highest BCUT2D eigenvalue weighted by atomic mass is 16.1. The van der Waals surface area contributed by atoms with E-state index in [0.29, 0.717) is 5.56 Å². The molecule has 0 saturated carbocycles. The van der Waals surface area contributed by atoms with Gasteiger partial charge in [-0.15, -0.1) is 0 Å². The molecular weight excluding hydrogens is 282 g/mol. The van der Waals surface area contributed by atoms with Gasteiger partial charge in [0.1, 0.15) is 0 Å². The van der Waals surface area contributed by atoms with Crippen molar-refractivity contribution in [1.82, 2.24) is 0 Å². The lowest BCUT2D eigenvalue weighted by molar-refractivity contribution is 0.100. The molecule has 0 heterocycles. The van der Waals surface area contributed by atoms with Crippen LogP contribution in [-0.4, -0.2) is 5.91 Å². The van der Waals surface area contributed by atoms with E-state index in [4.69, 9.17) is 5.73 Å². The van der Waals surface area contributed by atoms with Gasteiger partial charge in [-0.1, -0.05) is 61.9 Å². The van der Waals surface area contributed by atoms with Gasteiger partial charge in [0.25, 0.3) is 0 Å². The lowest BCUT2D eigenvalue weighted by Crippen LogP contribution is -2.18. The highest BCUT2D eigenvalue weighted by Crippen LogP contribution is 2.46. The van der Waals surface area contributed by atoms with Gasteiger partial charge in [0.15, 0.2) is 0 Å². The number of hydrogen-bond donors (Lipinski definition) is 1. The van der Waals surface area contributed by atoms with E-state index < -0.39 is 0 Å². The molecule has 4 rings (SSSR count). The smallest absolute Gasteiger partial charge is 0.249 e. The highest BCUT2D eigenvalue weighted by Gasteiger charge is 2.32. The van der Waals surface area contributed by atoms with E-state index in [9.17, 15) is 4.79 Å². The number of carbonyl (C=O) groups excluding carboxylic acids is 1. The zero-order chi connectivity index (χ0) is 16.4. The number of fused-ring (bicyclic) bond motifs is 5. The van der Waals surface area contributed by atoms with Crippen LogP contribution in [0.1, 0.15) is 42.3 Å². The predicted octanol–water partition coefficient (Wildman–Crippen LogP) is 4.79. The first-order chi connectivity index (χ1) is 10.9. The molecule has 2 heteroatoms. The molecule has 0 fully saturated rings. The van der Waals surface area contributed by atoms with E-state index in [-0.39, 0.29) is 11.3 Å². The summed E-state index contributed by atoms with van der Waals surface area (Å²) in [5.74, 6) is -0.366. The molecule has 0 saturated heterocycles. The van der Waals surface area contributed by atoms with Crippen LogP contribution >= 0.6 is 0 Å². The maximum atomic E-state index is 12.2. The van der Waals surface area contributed by atoms with Crippen LogP contribution in [0.3, 0.4) is 0 Å². The second-order valence-electron chi connectivity index (χ2n) is 6.91. The Bertz CT molecular complexity index is 1020. The molecule has 1 aliphatic carbocycles. The molecule has 23 heavy (non-hydrogen) atoms. The van der Waals surface area contributed by atoms with Gasteiger partial charge in [0.2, 0.25) is 5.91 Å². The summed E-state index contributed by atoms with van der Waals surface area (Å²) in [5.41, 5.74) is 10.00. The van der Waals surface area contributed by atoms with E-state index in [1.54, 1.807) is 0 Å². The van der Waals surface area contributed by atoms with E-state index >= 15 is 0 Å². The first kappa shape index (κ1) is 14.0. The van der Waals surface area contributed by atoms with Crippen LogP contribution in [0, 0.1) is 0 Å². The number of allylic oxidation sites excluding steroid dienone is 1. The van der Waals surface area contributed by atoms with Crippen LogP contribution in [0.15, 0.2) is 48.0 Å². The molecule has 0 atom stereocenters. The van der Waals surface area contributed by atoms with Crippen molar-refractivity contribution in [2.75, 3.05) is 0 Å². The zero-order valence-corrected chi connectivity index (χ0v) is 13.6. The third-order valence-electron chi connectivity index (χ3n) is 5.35. The van der Waals surface area contributed by atoms with Crippen molar-refractivity contribution in [3.8, 4) is 0 Å². The summed E-state index contributed by atoms with van der Waals surface area (Å²) in [7, 11) is 0. The van der Waals surface area contributed by atoms with E-state index in [1.165, 1.54) is 16.7 Å². The lowest BCUT2D eigenvalue weighted by atomic mass is 9.80. The second-order valence-corrected chi connectivity index (χ2v) is 6.91. The first-order valence-electron chi connectivity index (χ1n) is 7.89. The van der Waals surface area contributed by atoms with Crippen molar-refractivity contribution in [1.29, 1.82) is 0 Å². The monoisotopic (exact) mass is 301 g/mol. The number of carbonyl (C=O) groups is 1. The molecule has 0 bridgehead atoms. The molecule has 3 aromatic carbocycles. The molecule has 114 valence electrons. The molecule has 1 aliphatic rings. The summed E-state index contributed by atoms with van der Waals surface area (Å²) in [6.45, 7) is 6.54. The second kappa shape index (κ2) is 4.45. The third-order valence-corrected chi connectivity index (χ3v) is 5.35. The lowest BCUT2D eigenvalue weighted by Gasteiger charge is -2.24. The molecule has 0 spiro atoms. The van der Waals surface area contributed by atoms with Crippen molar-refractivity contribution in [2.45, 2.75) is 26.2 Å². The van der Waals surface area contributed by atoms with Crippen LogP contribution in [0.25, 0.3) is 27.6 Å². The summed E-state index contributed by atoms with van der Waals surface area (Å²) in [4.78, 5) is 12.2. The minimum atomic E-state index is -0.366. The Morgan fingerprint density at radius 2 is 1.78 bits per heavy atom. The Labute approximate surface area is 135 Å². The van der Waals surface area contributed by atoms with Crippen LogP contribution < -0.4 is 5.73 Å². The SMILES string of the molecule is CC1=Cc2c(cc(C(N)=O)c3c2ccc2ccccc23)C1(C)C. The molecule has 0 aliphatic heterocycles. The van der Waals surface area contributed by atoms with Crippen molar-refractivity contribution >= 4 is 33.5 Å². The Balaban J connectivity index is 2.27. The Morgan fingerprint density at radius 1 is 1.04 bits per heavy atom. The predicted molar refractivity (Wildman–Crippen MR) is 96.6 cm³/mol. The van der Waals surface area contributed by atoms with E-state index in [0.717, 1.165) is 21.5 Å². The quantitative estimate of drug-likeness (QED) is 0.645. The summed E-state index contributed by atoms with van der Waals surface area (Å²) >= 11 is 0. The van der Waals surface area contributed by atoms with Gasteiger partial charge >= 0.3 is 0 Å². The molecule has 0 radical (unpaired) electrons. The summed E-state index contributed by atoms with van der Waals surface area (Å²) in [6.07, 6.45) is 2.25. The standard InChI is InChI=1S/C21H19NO/c1-12-10-16-15-9-8-13-6-4-5-7-14(13)19(15)17(20(22)23)11-18(16)21(12,2)3/h4-11H,1-3H3,(H2,22,23).